The molecule has 0 radical (unpaired) electrons. The van der Waals surface area contributed by atoms with Crippen LogP contribution in [-0.4, -0.2) is 68.3 Å². The van der Waals surface area contributed by atoms with E-state index in [2.05, 4.69) is 54.3 Å². The van der Waals surface area contributed by atoms with E-state index in [9.17, 15) is 24.8 Å². The molecule has 4 aromatic heterocycles. The van der Waals surface area contributed by atoms with Crippen LogP contribution in [0, 0.1) is 11.3 Å². The van der Waals surface area contributed by atoms with E-state index in [-0.39, 0.29) is 28.9 Å². The summed E-state index contributed by atoms with van der Waals surface area (Å²) >= 11 is 5.15. The first kappa shape index (κ1) is 38.9. The summed E-state index contributed by atoms with van der Waals surface area (Å²) in [7, 11) is 0. The molecule has 8 heterocycles. The predicted octanol–water partition coefficient (Wildman–Crippen LogP) is 6.38. The summed E-state index contributed by atoms with van der Waals surface area (Å²) in [5.74, 6) is 1.80. The van der Waals surface area contributed by atoms with Gasteiger partial charge in [0.1, 0.15) is 50.4 Å². The second kappa shape index (κ2) is 16.0. The number of aliphatic carboxylic acids is 1. The number of hydrogen-bond donors (Lipinski definition) is 1. The van der Waals surface area contributed by atoms with Gasteiger partial charge < -0.3 is 43.2 Å². The molecule has 4 aliphatic heterocycles. The number of para-hydroxylation sites is 1. The summed E-state index contributed by atoms with van der Waals surface area (Å²) < 4.78 is 43.6. The third kappa shape index (κ3) is 6.59. The van der Waals surface area contributed by atoms with E-state index >= 15 is 0 Å². The maximum Gasteiger partial charge on any atom is 0.349 e. The predicted molar refractivity (Wildman–Crippen MR) is 231 cm³/mol. The minimum atomic E-state index is -1.52. The number of thiazole rings is 1. The standard InChI is InChI=1S/C43H33N3O11S4/c1-2-45-26-6-4-3-5-22(26)7-8-23-17-24(9-10-27(23)45)36-32-33(55-14-13-54-32)39(60-36)40-35-34(56-15-16-57-35)38(61-40)37-31-30(52-11-12-53-31)28(58-37)18-29-41(48)46(20-51-21-47)42(59-29)25(19-44)43(49)50/h3-6,9-10,17-18,21H,2,7-8,11-16,20H2,1H3,(H,49,50)/b29-18?,42-25+. The first-order valence-electron chi connectivity index (χ1n) is 19.3. The van der Waals surface area contributed by atoms with Crippen LogP contribution in [0.25, 0.3) is 41.6 Å². The Kier molecular flexibility index (Phi) is 10.2. The zero-order valence-electron chi connectivity index (χ0n) is 32.3. The van der Waals surface area contributed by atoms with Gasteiger partial charge in [-0.3, -0.25) is 14.2 Å². The van der Waals surface area contributed by atoms with Crippen LogP contribution in [0.5, 0.6) is 34.5 Å². The lowest BCUT2D eigenvalue weighted by Crippen LogP contribution is -2.33. The largest absolute Gasteiger partial charge is 0.485 e. The molecule has 0 atom stereocenters. The maximum absolute atomic E-state index is 13.6. The average molecular weight is 896 g/mol. The lowest BCUT2D eigenvalue weighted by Gasteiger charge is -2.25. The van der Waals surface area contributed by atoms with Crippen LogP contribution in [0.4, 0.5) is 11.4 Å². The smallest absolute Gasteiger partial charge is 0.349 e. The summed E-state index contributed by atoms with van der Waals surface area (Å²) in [5, 5.41) is 19.3. The molecule has 18 heteroatoms. The van der Waals surface area contributed by atoms with Gasteiger partial charge in [0.15, 0.2) is 46.8 Å². The summed E-state index contributed by atoms with van der Waals surface area (Å²) in [6.45, 7) is 4.59. The minimum Gasteiger partial charge on any atom is -0.485 e. The molecule has 10 rings (SSSR count). The van der Waals surface area contributed by atoms with E-state index in [1.807, 2.05) is 0 Å². The number of aromatic nitrogens is 1. The van der Waals surface area contributed by atoms with Crippen molar-refractivity contribution in [2.45, 2.75) is 26.5 Å². The lowest BCUT2D eigenvalue weighted by molar-refractivity contribution is -0.132. The first-order valence-corrected chi connectivity index (χ1v) is 22.6. The molecular formula is C43H33N3O11S4. The number of carboxylic acid groups (broad SMARTS) is 1. The Hall–Kier alpha value is -6.26. The molecule has 4 aliphatic rings. The fourth-order valence-electron chi connectivity index (χ4n) is 7.91. The zero-order chi connectivity index (χ0) is 41.8. The Morgan fingerprint density at radius 1 is 0.770 bits per heavy atom. The molecule has 2 aromatic carbocycles. The van der Waals surface area contributed by atoms with Crippen LogP contribution in [0.15, 0.2) is 47.3 Å². The van der Waals surface area contributed by atoms with Gasteiger partial charge in [-0.05, 0) is 60.7 Å². The summed E-state index contributed by atoms with van der Waals surface area (Å²) in [4.78, 5) is 43.5. The Morgan fingerprint density at radius 3 is 1.95 bits per heavy atom. The van der Waals surface area contributed by atoms with Gasteiger partial charge in [0.25, 0.3) is 12.0 Å². The lowest BCUT2D eigenvalue weighted by atomic mass is 10.0. The van der Waals surface area contributed by atoms with Crippen molar-refractivity contribution in [3.05, 3.63) is 78.0 Å². The van der Waals surface area contributed by atoms with Crippen LogP contribution in [-0.2, 0) is 33.9 Å². The maximum atomic E-state index is 13.6. The van der Waals surface area contributed by atoms with E-state index in [1.54, 1.807) is 23.5 Å². The number of carbonyl (C=O) groups excluding carboxylic acids is 1. The molecule has 6 aromatic rings. The Morgan fingerprint density at radius 2 is 1.33 bits per heavy atom. The summed E-state index contributed by atoms with van der Waals surface area (Å²) in [6.07, 6.45) is 3.40. The van der Waals surface area contributed by atoms with Crippen LogP contribution in [0.1, 0.15) is 22.9 Å². The van der Waals surface area contributed by atoms with Crippen LogP contribution in [0.3, 0.4) is 0 Å². The van der Waals surface area contributed by atoms with Gasteiger partial charge >= 0.3 is 5.97 Å². The molecule has 0 aliphatic carbocycles. The molecule has 0 unspecified atom stereocenters. The van der Waals surface area contributed by atoms with Crippen LogP contribution >= 0.6 is 45.3 Å². The minimum absolute atomic E-state index is 0.0939. The number of aryl methyl sites for hydroxylation is 2. The molecular weight excluding hydrogens is 863 g/mol. The Bertz CT molecular complexity index is 3000. The first-order chi connectivity index (χ1) is 29.9. The second-order valence-corrected chi connectivity index (χ2v) is 18.1. The highest BCUT2D eigenvalue weighted by Gasteiger charge is 2.36. The fourth-order valence-corrected chi connectivity index (χ4v) is 12.8. The molecule has 310 valence electrons. The number of nitriles is 1. The van der Waals surface area contributed by atoms with Gasteiger partial charge in [-0.2, -0.15) is 5.26 Å². The van der Waals surface area contributed by atoms with Crippen molar-refractivity contribution < 1.29 is 47.9 Å². The highest BCUT2D eigenvalue weighted by Crippen LogP contribution is 2.64. The van der Waals surface area contributed by atoms with Crippen LogP contribution in [0.2, 0.25) is 0 Å². The molecule has 14 nitrogen and oxygen atoms in total. The normalized spacial score (nSPS) is 15.6. The highest BCUT2D eigenvalue weighted by atomic mass is 32.1. The van der Waals surface area contributed by atoms with E-state index in [0.717, 1.165) is 60.4 Å². The SMILES string of the molecule is CCN1c2ccccc2CCc2cc(-c3sc(-c4sc(-c5sc(C=c6s/c(=C(\C#N)C(=O)O)n(COC=O)c6=O)c6c5OCCO6)c5c4OCCO5)c4c3OCCO4)ccc21. The van der Waals surface area contributed by atoms with E-state index in [4.69, 9.17) is 33.2 Å². The van der Waals surface area contributed by atoms with Gasteiger partial charge in [-0.25, -0.2) is 4.79 Å². The quantitative estimate of drug-likeness (QED) is 0.159. The number of ether oxygens (including phenoxy) is 7. The van der Waals surface area contributed by atoms with Crippen molar-refractivity contribution in [1.82, 2.24) is 4.57 Å². The van der Waals surface area contributed by atoms with Crippen molar-refractivity contribution in [1.29, 1.82) is 5.26 Å². The zero-order valence-corrected chi connectivity index (χ0v) is 35.5. The Labute approximate surface area is 362 Å². The molecule has 0 bridgehead atoms. The molecule has 0 saturated heterocycles. The number of benzene rings is 2. The number of carbonyl (C=O) groups is 2. The number of carboxylic acids is 1. The summed E-state index contributed by atoms with van der Waals surface area (Å²) in [6, 6.07) is 16.9. The van der Waals surface area contributed by atoms with E-state index in [0.29, 0.717) is 70.7 Å². The van der Waals surface area contributed by atoms with Crippen molar-refractivity contribution in [2.75, 3.05) is 51.1 Å². The monoisotopic (exact) mass is 895 g/mol. The number of nitrogens with zero attached hydrogens (tertiary/aromatic N) is 3. The summed E-state index contributed by atoms with van der Waals surface area (Å²) in [5.41, 5.74) is 4.77. The third-order valence-electron chi connectivity index (χ3n) is 10.5. The number of thiophene rings is 3. The van der Waals surface area contributed by atoms with Gasteiger partial charge in [0, 0.05) is 17.9 Å². The molecule has 61 heavy (non-hydrogen) atoms. The average Bonchev–Trinajstić information content (AvgIpc) is 4.01. The molecule has 0 fully saturated rings. The fraction of sp³-hybridized carbons (Fsp3) is 0.256. The topological polar surface area (TPSA) is 168 Å². The molecule has 0 saturated carbocycles. The highest BCUT2D eigenvalue weighted by molar-refractivity contribution is 7.28. The number of rotatable bonds is 9. The number of hydrogen-bond acceptors (Lipinski definition) is 16. The number of fused-ring (bicyclic) bond motifs is 5. The molecule has 0 spiro atoms. The van der Waals surface area contributed by atoms with Crippen molar-refractivity contribution in [3.63, 3.8) is 0 Å². The van der Waals surface area contributed by atoms with Gasteiger partial charge in [-0.1, -0.05) is 24.3 Å². The van der Waals surface area contributed by atoms with Crippen molar-refractivity contribution >= 4 is 80.8 Å². The number of anilines is 2. The molecule has 0 amide bonds. The van der Waals surface area contributed by atoms with E-state index < -0.39 is 23.8 Å². The van der Waals surface area contributed by atoms with Gasteiger partial charge in [0.05, 0.1) is 33.8 Å². The van der Waals surface area contributed by atoms with Crippen molar-refractivity contribution in [2.24, 2.45) is 0 Å². The third-order valence-corrected chi connectivity index (χ3v) is 15.4. The van der Waals surface area contributed by atoms with Crippen molar-refractivity contribution in [3.8, 4) is 70.5 Å². The molecule has 1 N–H and O–H groups in total. The van der Waals surface area contributed by atoms with Gasteiger partial charge in [-0.15, -0.1) is 45.3 Å². The van der Waals surface area contributed by atoms with Gasteiger partial charge in [0.2, 0.25) is 0 Å². The van der Waals surface area contributed by atoms with E-state index in [1.165, 1.54) is 45.2 Å². The Balaban J connectivity index is 1.10. The van der Waals surface area contributed by atoms with Crippen LogP contribution < -0.4 is 48.1 Å². The second-order valence-electron chi connectivity index (χ2n) is 13.9.